The minimum absolute atomic E-state index is 0.177. The summed E-state index contributed by atoms with van der Waals surface area (Å²) in [5.74, 6) is 0.375. The highest BCUT2D eigenvalue weighted by Crippen LogP contribution is 2.25. The molecule has 0 radical (unpaired) electrons. The number of benzene rings is 1. The molecule has 1 unspecified atom stereocenters. The quantitative estimate of drug-likeness (QED) is 0.629. The van der Waals surface area contributed by atoms with Gasteiger partial charge in [0.05, 0.1) is 12.7 Å². The summed E-state index contributed by atoms with van der Waals surface area (Å²) in [6.07, 6.45) is 0.968. The Kier molecular flexibility index (Phi) is 9.08. The lowest BCUT2D eigenvalue weighted by molar-refractivity contribution is -0.118. The topological polar surface area (TPSA) is 91.1 Å². The maximum absolute atomic E-state index is 12.1. The molecule has 0 heterocycles. The first-order chi connectivity index (χ1) is 12.6. The molecule has 0 bridgehead atoms. The van der Waals surface area contributed by atoms with Crippen LogP contribution in [0.4, 0.5) is 4.79 Å². The van der Waals surface area contributed by atoms with E-state index in [1.54, 1.807) is 19.1 Å². The molecular formula is C20H32N2O5. The molecule has 0 spiro atoms. The first-order valence-electron chi connectivity index (χ1n) is 9.10. The van der Waals surface area contributed by atoms with Crippen LogP contribution in [-0.2, 0) is 14.3 Å². The van der Waals surface area contributed by atoms with Crippen LogP contribution in [0.3, 0.4) is 0 Å². The van der Waals surface area contributed by atoms with E-state index in [0.717, 1.165) is 5.56 Å². The number of carbonyl (C=O) groups is 2. The van der Waals surface area contributed by atoms with E-state index in [-0.39, 0.29) is 18.1 Å². The SMILES string of the molecule is COC(CCN(C)C(=O)OC(C)(C)C)c1cccc(OCCCC(N)=O)c1. The van der Waals surface area contributed by atoms with Crippen LogP contribution < -0.4 is 10.5 Å². The van der Waals surface area contributed by atoms with E-state index < -0.39 is 5.60 Å². The van der Waals surface area contributed by atoms with Crippen molar-refractivity contribution in [3.8, 4) is 5.75 Å². The van der Waals surface area contributed by atoms with Gasteiger partial charge in [0.1, 0.15) is 11.4 Å². The van der Waals surface area contributed by atoms with E-state index in [1.807, 2.05) is 45.0 Å². The first-order valence-corrected chi connectivity index (χ1v) is 9.10. The highest BCUT2D eigenvalue weighted by atomic mass is 16.6. The average molecular weight is 380 g/mol. The van der Waals surface area contributed by atoms with Gasteiger partial charge in [0, 0.05) is 27.1 Å². The zero-order valence-electron chi connectivity index (χ0n) is 17.0. The Morgan fingerprint density at radius 1 is 1.26 bits per heavy atom. The minimum Gasteiger partial charge on any atom is -0.494 e. The number of carbonyl (C=O) groups excluding carboxylic acids is 2. The van der Waals surface area contributed by atoms with Crippen LogP contribution in [0.15, 0.2) is 24.3 Å². The van der Waals surface area contributed by atoms with E-state index >= 15 is 0 Å². The van der Waals surface area contributed by atoms with Gasteiger partial charge in [-0.3, -0.25) is 4.79 Å². The van der Waals surface area contributed by atoms with Crippen LogP contribution in [0.5, 0.6) is 5.75 Å². The summed E-state index contributed by atoms with van der Waals surface area (Å²) < 4.78 is 16.6. The smallest absolute Gasteiger partial charge is 0.410 e. The van der Waals surface area contributed by atoms with Crippen LogP contribution in [-0.4, -0.2) is 49.8 Å². The predicted molar refractivity (Wildman–Crippen MR) is 104 cm³/mol. The van der Waals surface area contributed by atoms with Gasteiger partial charge >= 0.3 is 6.09 Å². The van der Waals surface area contributed by atoms with Gasteiger partial charge in [-0.2, -0.15) is 0 Å². The van der Waals surface area contributed by atoms with Gasteiger partial charge < -0.3 is 24.8 Å². The molecule has 1 atom stereocenters. The molecule has 1 aromatic carbocycles. The molecule has 0 aliphatic heterocycles. The third-order valence-corrected chi connectivity index (χ3v) is 3.78. The second kappa shape index (κ2) is 10.8. The Balaban J connectivity index is 2.58. The summed E-state index contributed by atoms with van der Waals surface area (Å²) in [5.41, 5.74) is 5.56. The molecule has 7 heteroatoms. The molecule has 27 heavy (non-hydrogen) atoms. The molecular weight excluding hydrogens is 348 g/mol. The number of rotatable bonds is 10. The number of hydrogen-bond donors (Lipinski definition) is 1. The van der Waals surface area contributed by atoms with Gasteiger partial charge in [0.2, 0.25) is 5.91 Å². The number of methoxy groups -OCH3 is 1. The van der Waals surface area contributed by atoms with Crippen LogP contribution in [0.1, 0.15) is 51.7 Å². The van der Waals surface area contributed by atoms with Crippen molar-refractivity contribution in [1.82, 2.24) is 4.90 Å². The molecule has 0 aliphatic carbocycles. The number of hydrogen-bond acceptors (Lipinski definition) is 5. The monoisotopic (exact) mass is 380 g/mol. The second-order valence-corrected chi connectivity index (χ2v) is 7.41. The lowest BCUT2D eigenvalue weighted by Crippen LogP contribution is -2.35. The molecule has 0 fully saturated rings. The molecule has 0 aromatic heterocycles. The maximum atomic E-state index is 12.1. The van der Waals surface area contributed by atoms with Gasteiger partial charge in [-0.05, 0) is 51.3 Å². The summed E-state index contributed by atoms with van der Waals surface area (Å²) in [5, 5.41) is 0. The van der Waals surface area contributed by atoms with Crippen molar-refractivity contribution >= 4 is 12.0 Å². The molecule has 1 aromatic rings. The standard InChI is InChI=1S/C20H32N2O5/c1-20(2,3)27-19(24)22(4)12-11-17(25-5)15-8-6-9-16(14-15)26-13-7-10-18(21)23/h6,8-9,14,17H,7,10-13H2,1-5H3,(H2,21,23). The van der Waals surface area contributed by atoms with E-state index in [0.29, 0.717) is 38.2 Å². The zero-order chi connectivity index (χ0) is 20.4. The van der Waals surface area contributed by atoms with Gasteiger partial charge in [-0.25, -0.2) is 4.79 Å². The lowest BCUT2D eigenvalue weighted by Gasteiger charge is -2.26. The van der Waals surface area contributed by atoms with Crippen molar-refractivity contribution in [2.24, 2.45) is 5.73 Å². The number of ether oxygens (including phenoxy) is 3. The molecule has 0 saturated carbocycles. The predicted octanol–water partition coefficient (Wildman–Crippen LogP) is 3.28. The van der Waals surface area contributed by atoms with E-state index in [9.17, 15) is 9.59 Å². The summed E-state index contributed by atoms with van der Waals surface area (Å²) in [7, 11) is 3.34. The Labute approximate surface area is 161 Å². The molecule has 0 saturated heterocycles. The van der Waals surface area contributed by atoms with Crippen molar-refractivity contribution < 1.29 is 23.8 Å². The Morgan fingerprint density at radius 2 is 1.96 bits per heavy atom. The summed E-state index contributed by atoms with van der Waals surface area (Å²) >= 11 is 0. The molecule has 1 rings (SSSR count). The van der Waals surface area contributed by atoms with Crippen molar-refractivity contribution in [2.75, 3.05) is 27.3 Å². The summed E-state index contributed by atoms with van der Waals surface area (Å²) in [6, 6.07) is 7.61. The number of amides is 2. The highest BCUT2D eigenvalue weighted by molar-refractivity contribution is 5.73. The van der Waals surface area contributed by atoms with Crippen molar-refractivity contribution in [3.05, 3.63) is 29.8 Å². The highest BCUT2D eigenvalue weighted by Gasteiger charge is 2.21. The van der Waals surface area contributed by atoms with E-state index in [4.69, 9.17) is 19.9 Å². The largest absolute Gasteiger partial charge is 0.494 e. The van der Waals surface area contributed by atoms with Crippen LogP contribution in [0.2, 0.25) is 0 Å². The number of primary amides is 1. The fourth-order valence-corrected chi connectivity index (χ4v) is 2.40. The molecule has 2 N–H and O–H groups in total. The molecule has 7 nitrogen and oxygen atoms in total. The summed E-state index contributed by atoms with van der Waals surface area (Å²) in [6.45, 7) is 6.44. The van der Waals surface area contributed by atoms with Gasteiger partial charge in [0.25, 0.3) is 0 Å². The minimum atomic E-state index is -0.522. The first kappa shape index (κ1) is 22.8. The normalized spacial score (nSPS) is 12.3. The van der Waals surface area contributed by atoms with Crippen molar-refractivity contribution in [1.29, 1.82) is 0 Å². The summed E-state index contributed by atoms with van der Waals surface area (Å²) in [4.78, 5) is 24.4. The van der Waals surface area contributed by atoms with Gasteiger partial charge in [0.15, 0.2) is 0 Å². The average Bonchev–Trinajstić information content (AvgIpc) is 2.58. The molecule has 0 aliphatic rings. The van der Waals surface area contributed by atoms with Crippen LogP contribution in [0, 0.1) is 0 Å². The number of nitrogens with two attached hydrogens (primary N) is 1. The van der Waals surface area contributed by atoms with Gasteiger partial charge in [-0.1, -0.05) is 12.1 Å². The number of nitrogens with zero attached hydrogens (tertiary/aromatic N) is 1. The fraction of sp³-hybridized carbons (Fsp3) is 0.600. The lowest BCUT2D eigenvalue weighted by atomic mass is 10.1. The molecule has 152 valence electrons. The zero-order valence-corrected chi connectivity index (χ0v) is 17.0. The van der Waals surface area contributed by atoms with Crippen molar-refractivity contribution in [3.63, 3.8) is 0 Å². The van der Waals surface area contributed by atoms with E-state index in [2.05, 4.69) is 0 Å². The fourth-order valence-electron chi connectivity index (χ4n) is 2.40. The third-order valence-electron chi connectivity index (χ3n) is 3.78. The van der Waals surface area contributed by atoms with Crippen molar-refractivity contribution in [2.45, 2.75) is 51.7 Å². The third kappa shape index (κ3) is 9.28. The van der Waals surface area contributed by atoms with Crippen LogP contribution >= 0.6 is 0 Å². The Bertz CT molecular complexity index is 613. The Hall–Kier alpha value is -2.28. The van der Waals surface area contributed by atoms with Crippen LogP contribution in [0.25, 0.3) is 0 Å². The molecule has 2 amide bonds. The van der Waals surface area contributed by atoms with Gasteiger partial charge in [-0.15, -0.1) is 0 Å². The Morgan fingerprint density at radius 3 is 2.56 bits per heavy atom. The maximum Gasteiger partial charge on any atom is 0.410 e. The second-order valence-electron chi connectivity index (χ2n) is 7.41. The van der Waals surface area contributed by atoms with E-state index in [1.165, 1.54) is 0 Å².